The molecular formula is C19H27N3OS. The number of rotatable bonds is 4. The lowest BCUT2D eigenvalue weighted by Crippen LogP contribution is -2.18. The predicted octanol–water partition coefficient (Wildman–Crippen LogP) is 6.24. The van der Waals surface area contributed by atoms with E-state index < -0.39 is 0 Å². The average molecular weight is 346 g/mol. The number of urea groups is 1. The molecule has 2 N–H and O–H groups in total. The summed E-state index contributed by atoms with van der Waals surface area (Å²) in [4.78, 5) is 11.9. The molecule has 0 radical (unpaired) electrons. The minimum Gasteiger partial charge on any atom is -0.308 e. The second-order valence-electron chi connectivity index (χ2n) is 5.48. The van der Waals surface area contributed by atoms with Gasteiger partial charge in [0.1, 0.15) is 5.00 Å². The molecule has 2 rings (SSSR count). The van der Waals surface area contributed by atoms with E-state index in [4.69, 9.17) is 0 Å². The number of allylic oxidation sites excluding steroid dienone is 1. The van der Waals surface area contributed by atoms with Crippen LogP contribution in [0.1, 0.15) is 50.4 Å². The Morgan fingerprint density at radius 2 is 1.88 bits per heavy atom. The summed E-state index contributed by atoms with van der Waals surface area (Å²) in [5, 5.41) is 6.32. The van der Waals surface area contributed by atoms with Gasteiger partial charge in [0, 0.05) is 5.69 Å². The van der Waals surface area contributed by atoms with Crippen LogP contribution in [0.5, 0.6) is 0 Å². The minimum atomic E-state index is -0.260. The number of aryl methyl sites for hydroxylation is 2. The van der Waals surface area contributed by atoms with Gasteiger partial charge in [0.25, 0.3) is 0 Å². The van der Waals surface area contributed by atoms with Gasteiger partial charge in [-0.2, -0.15) is 4.37 Å². The molecule has 130 valence electrons. The first-order chi connectivity index (χ1) is 11.5. The highest BCUT2D eigenvalue weighted by atomic mass is 32.1. The van der Waals surface area contributed by atoms with Gasteiger partial charge in [0.05, 0.1) is 5.69 Å². The van der Waals surface area contributed by atoms with E-state index in [2.05, 4.69) is 28.9 Å². The summed E-state index contributed by atoms with van der Waals surface area (Å²) in [6.07, 6.45) is 6.64. The van der Waals surface area contributed by atoms with Gasteiger partial charge in [-0.15, -0.1) is 0 Å². The summed E-state index contributed by atoms with van der Waals surface area (Å²) in [6.45, 7) is 10.3. The lowest BCUT2D eigenvalue weighted by molar-refractivity contribution is 0.262. The van der Waals surface area contributed by atoms with Crippen LogP contribution in [-0.4, -0.2) is 10.4 Å². The number of nitrogens with zero attached hydrogens (tertiary/aromatic N) is 1. The highest BCUT2D eigenvalue weighted by Crippen LogP contribution is 2.18. The molecule has 1 heterocycles. The lowest BCUT2D eigenvalue weighted by Gasteiger charge is -2.08. The van der Waals surface area contributed by atoms with Gasteiger partial charge in [-0.05, 0) is 61.6 Å². The van der Waals surface area contributed by atoms with Gasteiger partial charge in [-0.1, -0.05) is 44.9 Å². The number of amides is 2. The Hall–Kier alpha value is -2.14. The molecule has 0 aliphatic rings. The zero-order valence-corrected chi connectivity index (χ0v) is 16.0. The van der Waals surface area contributed by atoms with Crippen molar-refractivity contribution in [3.05, 3.63) is 47.2 Å². The Bertz CT molecular complexity index is 675. The summed E-state index contributed by atoms with van der Waals surface area (Å²) in [5.41, 5.74) is 3.93. The van der Waals surface area contributed by atoms with Crippen molar-refractivity contribution >= 4 is 34.3 Å². The second-order valence-corrected chi connectivity index (χ2v) is 6.29. The zero-order valence-electron chi connectivity index (χ0n) is 15.1. The molecule has 0 spiro atoms. The summed E-state index contributed by atoms with van der Waals surface area (Å²) >= 11 is 1.27. The molecule has 0 unspecified atom stereocenters. The lowest BCUT2D eigenvalue weighted by atomic mass is 10.1. The molecule has 0 bridgehead atoms. The van der Waals surface area contributed by atoms with Crippen LogP contribution >= 0.6 is 11.5 Å². The van der Waals surface area contributed by atoms with Gasteiger partial charge >= 0.3 is 6.03 Å². The highest BCUT2D eigenvalue weighted by Gasteiger charge is 2.06. The van der Waals surface area contributed by atoms with Crippen molar-refractivity contribution in [2.75, 3.05) is 10.6 Å². The van der Waals surface area contributed by atoms with Crippen LogP contribution in [0, 0.1) is 13.8 Å². The van der Waals surface area contributed by atoms with Crippen LogP contribution < -0.4 is 10.6 Å². The van der Waals surface area contributed by atoms with Gasteiger partial charge in [-0.25, -0.2) is 4.79 Å². The van der Waals surface area contributed by atoms with Crippen LogP contribution in [-0.2, 0) is 0 Å². The van der Waals surface area contributed by atoms with E-state index in [1.54, 1.807) is 0 Å². The number of carbonyl (C=O) groups excluding carboxylic acids is 1. The molecule has 24 heavy (non-hydrogen) atoms. The Morgan fingerprint density at radius 1 is 1.17 bits per heavy atom. The third kappa shape index (κ3) is 6.96. The molecule has 0 atom stereocenters. The molecule has 2 amide bonds. The number of anilines is 2. The molecule has 0 aliphatic carbocycles. The molecule has 0 fully saturated rings. The first-order valence-electron chi connectivity index (χ1n) is 8.24. The SMILES string of the molecule is C/C=C\c1cc(NC(=O)Nc2cc(C)ns2)ccc1C.CCCC. The molecule has 0 saturated carbocycles. The zero-order chi connectivity index (χ0) is 17.9. The fourth-order valence-corrected chi connectivity index (χ4v) is 2.43. The molecule has 0 aliphatic heterocycles. The summed E-state index contributed by atoms with van der Waals surface area (Å²) in [5.74, 6) is 0. The molecule has 1 aromatic carbocycles. The Balaban J connectivity index is 0.000000648. The number of nitrogens with one attached hydrogen (secondary N) is 2. The number of unbranched alkanes of at least 4 members (excludes halogenated alkanes) is 1. The fraction of sp³-hybridized carbons (Fsp3) is 0.368. The largest absolute Gasteiger partial charge is 0.324 e. The molecule has 4 nitrogen and oxygen atoms in total. The van der Waals surface area contributed by atoms with E-state index in [9.17, 15) is 4.79 Å². The highest BCUT2D eigenvalue weighted by molar-refractivity contribution is 7.10. The standard InChI is InChI=1S/C15H17N3OS.C4H10/c1-4-5-12-9-13(7-6-10(12)2)16-15(19)17-14-8-11(3)18-20-14;1-3-4-2/h4-9H,1-3H3,(H2,16,17,19);3-4H2,1-2H3/b5-4-;. The predicted molar refractivity (Wildman–Crippen MR) is 106 cm³/mol. The third-order valence-corrected chi connectivity index (χ3v) is 4.04. The topological polar surface area (TPSA) is 54.0 Å². The minimum absolute atomic E-state index is 0.260. The molecular weight excluding hydrogens is 318 g/mol. The Kier molecular flexibility index (Phi) is 8.79. The molecule has 2 aromatic rings. The van der Waals surface area contributed by atoms with E-state index in [-0.39, 0.29) is 6.03 Å². The monoisotopic (exact) mass is 345 g/mol. The normalized spacial score (nSPS) is 10.2. The van der Waals surface area contributed by atoms with Crippen molar-refractivity contribution in [3.63, 3.8) is 0 Å². The fourth-order valence-electron chi connectivity index (χ4n) is 1.77. The number of hydrogen-bond acceptors (Lipinski definition) is 3. The summed E-state index contributed by atoms with van der Waals surface area (Å²) in [7, 11) is 0. The average Bonchev–Trinajstić information content (AvgIpc) is 2.96. The first kappa shape index (κ1) is 19.9. The van der Waals surface area contributed by atoms with Gasteiger partial charge in [0.2, 0.25) is 0 Å². The number of benzene rings is 1. The van der Waals surface area contributed by atoms with Crippen molar-refractivity contribution in [1.29, 1.82) is 0 Å². The number of carbonyl (C=O) groups is 1. The molecule has 5 heteroatoms. The molecule has 1 aromatic heterocycles. The van der Waals surface area contributed by atoms with Crippen LogP contribution in [0.3, 0.4) is 0 Å². The van der Waals surface area contributed by atoms with E-state index in [1.807, 2.05) is 57.2 Å². The van der Waals surface area contributed by atoms with Crippen molar-refractivity contribution in [3.8, 4) is 0 Å². The van der Waals surface area contributed by atoms with Crippen LogP contribution in [0.15, 0.2) is 30.3 Å². The maximum absolute atomic E-state index is 11.9. The number of hydrogen-bond donors (Lipinski definition) is 2. The van der Waals surface area contributed by atoms with E-state index in [1.165, 1.54) is 29.9 Å². The maximum Gasteiger partial charge on any atom is 0.324 e. The van der Waals surface area contributed by atoms with Crippen LogP contribution in [0.25, 0.3) is 6.08 Å². The first-order valence-corrected chi connectivity index (χ1v) is 9.02. The van der Waals surface area contributed by atoms with E-state index in [0.717, 1.165) is 21.9 Å². The number of aromatic nitrogens is 1. The second kappa shape index (κ2) is 10.6. The maximum atomic E-state index is 11.9. The smallest absolute Gasteiger partial charge is 0.308 e. The van der Waals surface area contributed by atoms with Crippen LogP contribution in [0.2, 0.25) is 0 Å². The van der Waals surface area contributed by atoms with Gasteiger partial charge < -0.3 is 5.32 Å². The Morgan fingerprint density at radius 3 is 2.42 bits per heavy atom. The van der Waals surface area contributed by atoms with E-state index in [0.29, 0.717) is 0 Å². The van der Waals surface area contributed by atoms with Crippen LogP contribution in [0.4, 0.5) is 15.5 Å². The van der Waals surface area contributed by atoms with Crippen molar-refractivity contribution in [2.24, 2.45) is 0 Å². The van der Waals surface area contributed by atoms with Crippen molar-refractivity contribution in [2.45, 2.75) is 47.5 Å². The summed E-state index contributed by atoms with van der Waals surface area (Å²) < 4.78 is 4.12. The quantitative estimate of drug-likeness (QED) is 0.688. The molecule has 0 saturated heterocycles. The third-order valence-electron chi connectivity index (χ3n) is 3.25. The van der Waals surface area contributed by atoms with Gasteiger partial charge in [0.15, 0.2) is 0 Å². The van der Waals surface area contributed by atoms with Crippen molar-refractivity contribution in [1.82, 2.24) is 4.37 Å². The summed E-state index contributed by atoms with van der Waals surface area (Å²) in [6, 6.07) is 7.41. The Labute approximate surface area is 149 Å². The van der Waals surface area contributed by atoms with Crippen molar-refractivity contribution < 1.29 is 4.79 Å². The van der Waals surface area contributed by atoms with E-state index >= 15 is 0 Å². The van der Waals surface area contributed by atoms with Gasteiger partial charge in [-0.3, -0.25) is 5.32 Å².